The molecule has 4 nitrogen and oxygen atoms in total. The summed E-state index contributed by atoms with van der Waals surface area (Å²) >= 11 is 0. The second-order valence-electron chi connectivity index (χ2n) is 5.12. The Bertz CT molecular complexity index is 321. The zero-order valence-corrected chi connectivity index (χ0v) is 12.9. The number of unbranched alkanes of at least 4 members (excludes halogenated alkanes) is 9. The number of carboxylic acids is 1. The number of carbonyl (C=O) groups excluding carboxylic acids is 1. The fourth-order valence-electron chi connectivity index (χ4n) is 2.08. The summed E-state index contributed by atoms with van der Waals surface area (Å²) in [4.78, 5) is 21.3. The van der Waals surface area contributed by atoms with E-state index in [2.05, 4.69) is 11.3 Å². The first-order valence-electron chi connectivity index (χ1n) is 7.86. The lowest BCUT2D eigenvalue weighted by molar-refractivity contribution is -0.137. The first kappa shape index (κ1) is 19.4. The highest BCUT2D eigenvalue weighted by atomic mass is 16.5. The van der Waals surface area contributed by atoms with Crippen molar-refractivity contribution in [3.05, 3.63) is 25.0 Å². The van der Waals surface area contributed by atoms with E-state index < -0.39 is 5.97 Å². The van der Waals surface area contributed by atoms with Gasteiger partial charge in [-0.2, -0.15) is 0 Å². The van der Waals surface area contributed by atoms with Crippen molar-refractivity contribution >= 4 is 11.9 Å². The Morgan fingerprint density at radius 1 is 0.905 bits per heavy atom. The number of esters is 1. The Hall–Kier alpha value is -1.58. The van der Waals surface area contributed by atoms with E-state index in [1.54, 1.807) is 0 Å². The molecule has 4 heteroatoms. The number of ether oxygens (including phenoxy) is 1. The Morgan fingerprint density at radius 3 is 1.95 bits per heavy atom. The van der Waals surface area contributed by atoms with Gasteiger partial charge >= 0.3 is 11.9 Å². The van der Waals surface area contributed by atoms with Crippen LogP contribution in [0.15, 0.2) is 25.0 Å². The zero-order chi connectivity index (χ0) is 15.8. The minimum Gasteiger partial charge on any atom is -0.481 e. The Balaban J connectivity index is 3.17. The van der Waals surface area contributed by atoms with E-state index in [4.69, 9.17) is 5.11 Å². The van der Waals surface area contributed by atoms with Gasteiger partial charge in [0.15, 0.2) is 0 Å². The molecule has 21 heavy (non-hydrogen) atoms. The molecule has 0 heterocycles. The molecule has 0 atom stereocenters. The molecule has 0 fully saturated rings. The highest BCUT2D eigenvalue weighted by Gasteiger charge is 1.96. The molecule has 0 amide bonds. The summed E-state index contributed by atoms with van der Waals surface area (Å²) < 4.78 is 4.56. The summed E-state index contributed by atoms with van der Waals surface area (Å²) in [5, 5.41) is 8.50. The van der Waals surface area contributed by atoms with Crippen LogP contribution in [0.4, 0.5) is 0 Å². The van der Waals surface area contributed by atoms with Crippen molar-refractivity contribution in [3.8, 4) is 0 Å². The van der Waals surface area contributed by atoms with Crippen molar-refractivity contribution < 1.29 is 19.4 Å². The molecular weight excluding hydrogens is 268 g/mol. The van der Waals surface area contributed by atoms with E-state index in [9.17, 15) is 9.59 Å². The zero-order valence-electron chi connectivity index (χ0n) is 12.9. The third kappa shape index (κ3) is 16.4. The Labute approximate surface area is 127 Å². The van der Waals surface area contributed by atoms with Gasteiger partial charge in [0.25, 0.3) is 0 Å². The summed E-state index contributed by atoms with van der Waals surface area (Å²) in [6.45, 7) is 3.31. The first-order valence-corrected chi connectivity index (χ1v) is 7.86. The molecule has 0 unspecified atom stereocenters. The quantitative estimate of drug-likeness (QED) is 0.220. The summed E-state index contributed by atoms with van der Waals surface area (Å²) in [6, 6.07) is 0. The largest absolute Gasteiger partial charge is 0.481 e. The van der Waals surface area contributed by atoms with Gasteiger partial charge in [0.05, 0.1) is 6.26 Å². The maximum absolute atomic E-state index is 10.9. The van der Waals surface area contributed by atoms with Crippen LogP contribution in [0.1, 0.15) is 70.6 Å². The fourth-order valence-corrected chi connectivity index (χ4v) is 2.08. The van der Waals surface area contributed by atoms with E-state index in [1.165, 1.54) is 38.2 Å². The highest BCUT2D eigenvalue weighted by molar-refractivity contribution is 5.82. The van der Waals surface area contributed by atoms with E-state index in [0.717, 1.165) is 38.4 Å². The van der Waals surface area contributed by atoms with Crippen molar-refractivity contribution in [1.29, 1.82) is 0 Å². The van der Waals surface area contributed by atoms with Crippen molar-refractivity contribution in [2.75, 3.05) is 0 Å². The number of hydrogen-bond acceptors (Lipinski definition) is 3. The van der Waals surface area contributed by atoms with Crippen LogP contribution < -0.4 is 0 Å². The molecule has 0 spiro atoms. The second-order valence-corrected chi connectivity index (χ2v) is 5.12. The molecule has 0 rings (SSSR count). The molecule has 1 N–H and O–H groups in total. The highest BCUT2D eigenvalue weighted by Crippen LogP contribution is 2.11. The molecule has 0 radical (unpaired) electrons. The van der Waals surface area contributed by atoms with E-state index in [-0.39, 0.29) is 5.97 Å². The third-order valence-corrected chi connectivity index (χ3v) is 3.21. The van der Waals surface area contributed by atoms with Crippen molar-refractivity contribution in [2.45, 2.75) is 70.6 Å². The van der Waals surface area contributed by atoms with Crippen molar-refractivity contribution in [3.63, 3.8) is 0 Å². The van der Waals surface area contributed by atoms with Crippen LogP contribution in [0.2, 0.25) is 0 Å². The number of allylic oxidation sites excluding steroid dienone is 1. The number of aliphatic carboxylic acids is 1. The SMILES string of the molecule is C=COC(=O)C=CCCCCCCCCCCCC(=O)O. The van der Waals surface area contributed by atoms with E-state index in [0.29, 0.717) is 6.42 Å². The van der Waals surface area contributed by atoms with Gasteiger partial charge in [-0.1, -0.05) is 57.6 Å². The van der Waals surface area contributed by atoms with Crippen LogP contribution in [-0.2, 0) is 14.3 Å². The van der Waals surface area contributed by atoms with Crippen LogP contribution in [0, 0.1) is 0 Å². The number of carboxylic acid groups (broad SMARTS) is 1. The van der Waals surface area contributed by atoms with Gasteiger partial charge in [-0.25, -0.2) is 4.79 Å². The predicted molar refractivity (Wildman–Crippen MR) is 83.9 cm³/mol. The van der Waals surface area contributed by atoms with Crippen LogP contribution >= 0.6 is 0 Å². The van der Waals surface area contributed by atoms with Crippen LogP contribution in [0.5, 0.6) is 0 Å². The number of hydrogen-bond donors (Lipinski definition) is 1. The summed E-state index contributed by atoms with van der Waals surface area (Å²) in [5.41, 5.74) is 0. The number of carbonyl (C=O) groups is 2. The molecular formula is C17H28O4. The Morgan fingerprint density at radius 2 is 1.43 bits per heavy atom. The topological polar surface area (TPSA) is 63.6 Å². The molecule has 0 aromatic carbocycles. The summed E-state index contributed by atoms with van der Waals surface area (Å²) in [7, 11) is 0. The van der Waals surface area contributed by atoms with Gasteiger partial charge in [0.1, 0.15) is 0 Å². The predicted octanol–water partition coefficient (Wildman–Crippen LogP) is 4.61. The second kappa shape index (κ2) is 14.8. The van der Waals surface area contributed by atoms with Crippen LogP contribution in [0.3, 0.4) is 0 Å². The maximum atomic E-state index is 10.9. The van der Waals surface area contributed by atoms with Crippen molar-refractivity contribution in [1.82, 2.24) is 0 Å². The molecule has 0 saturated carbocycles. The molecule has 0 aromatic rings. The maximum Gasteiger partial charge on any atom is 0.335 e. The average molecular weight is 296 g/mol. The molecule has 0 aliphatic carbocycles. The lowest BCUT2D eigenvalue weighted by Gasteiger charge is -2.01. The molecule has 0 aromatic heterocycles. The van der Waals surface area contributed by atoms with Gasteiger partial charge in [-0.15, -0.1) is 0 Å². The fraction of sp³-hybridized carbons (Fsp3) is 0.647. The van der Waals surface area contributed by atoms with Gasteiger partial charge in [0.2, 0.25) is 0 Å². The lowest BCUT2D eigenvalue weighted by Crippen LogP contribution is -1.93. The van der Waals surface area contributed by atoms with Crippen LogP contribution in [-0.4, -0.2) is 17.0 Å². The Kier molecular flexibility index (Phi) is 13.7. The van der Waals surface area contributed by atoms with Gasteiger partial charge < -0.3 is 9.84 Å². The minimum atomic E-state index is -0.693. The summed E-state index contributed by atoms with van der Waals surface area (Å²) in [5.74, 6) is -1.06. The molecule has 0 aliphatic rings. The smallest absolute Gasteiger partial charge is 0.335 e. The molecule has 0 saturated heterocycles. The standard InChI is InChI=1S/C17H28O4/c1-2-21-17(20)15-13-11-9-7-5-3-4-6-8-10-12-14-16(18)19/h2,13,15H,1,3-12,14H2,(H,18,19). The minimum absolute atomic E-state index is 0.299. The first-order chi connectivity index (χ1) is 10.2. The molecule has 120 valence electrons. The van der Waals surface area contributed by atoms with E-state index >= 15 is 0 Å². The summed E-state index contributed by atoms with van der Waals surface area (Å²) in [6.07, 6.45) is 15.8. The molecule has 0 bridgehead atoms. The average Bonchev–Trinajstić information content (AvgIpc) is 2.44. The van der Waals surface area contributed by atoms with Crippen LogP contribution in [0.25, 0.3) is 0 Å². The van der Waals surface area contributed by atoms with Gasteiger partial charge in [0, 0.05) is 12.5 Å². The van der Waals surface area contributed by atoms with Gasteiger partial charge in [-0.3, -0.25) is 4.79 Å². The lowest BCUT2D eigenvalue weighted by atomic mass is 10.1. The van der Waals surface area contributed by atoms with E-state index in [1.807, 2.05) is 6.08 Å². The monoisotopic (exact) mass is 296 g/mol. The third-order valence-electron chi connectivity index (χ3n) is 3.21. The van der Waals surface area contributed by atoms with Gasteiger partial charge in [-0.05, 0) is 19.3 Å². The molecule has 0 aliphatic heterocycles. The van der Waals surface area contributed by atoms with Crippen molar-refractivity contribution in [2.24, 2.45) is 0 Å². The number of rotatable bonds is 14. The normalized spacial score (nSPS) is 10.7.